The Morgan fingerprint density at radius 1 is 1.53 bits per heavy atom. The number of amides is 1. The molecular formula is C13H16N4O2. The Balaban J connectivity index is 1.82. The van der Waals surface area contributed by atoms with Crippen LogP contribution in [0, 0.1) is 11.3 Å². The standard InChI is InChI=1S/C13H16N4O2/c14-9-11-1-2-15-10-12(11)13(18)16-3-4-17-5-7-19-8-6-17/h1-2,10H,3-8H2,(H,16,18). The summed E-state index contributed by atoms with van der Waals surface area (Å²) in [7, 11) is 0. The molecule has 0 spiro atoms. The highest BCUT2D eigenvalue weighted by Crippen LogP contribution is 2.04. The van der Waals surface area contributed by atoms with Crippen molar-refractivity contribution in [1.82, 2.24) is 15.2 Å². The zero-order chi connectivity index (χ0) is 13.5. The highest BCUT2D eigenvalue weighted by molar-refractivity contribution is 5.96. The van der Waals surface area contributed by atoms with Crippen molar-refractivity contribution >= 4 is 5.91 Å². The molecule has 0 saturated carbocycles. The van der Waals surface area contributed by atoms with Crippen LogP contribution in [0.1, 0.15) is 15.9 Å². The zero-order valence-corrected chi connectivity index (χ0v) is 10.6. The van der Waals surface area contributed by atoms with E-state index in [1.165, 1.54) is 18.5 Å². The maximum absolute atomic E-state index is 11.9. The number of carbonyl (C=O) groups excluding carboxylic acids is 1. The minimum absolute atomic E-state index is 0.252. The van der Waals surface area contributed by atoms with Crippen molar-refractivity contribution in [1.29, 1.82) is 5.26 Å². The van der Waals surface area contributed by atoms with Crippen molar-refractivity contribution in [3.63, 3.8) is 0 Å². The molecule has 0 atom stereocenters. The molecule has 2 rings (SSSR count). The van der Waals surface area contributed by atoms with Gasteiger partial charge in [-0.2, -0.15) is 5.26 Å². The van der Waals surface area contributed by atoms with Crippen LogP contribution in [0.5, 0.6) is 0 Å². The number of rotatable bonds is 4. The zero-order valence-electron chi connectivity index (χ0n) is 10.6. The Labute approximate surface area is 112 Å². The van der Waals surface area contributed by atoms with Gasteiger partial charge in [0.25, 0.3) is 5.91 Å². The molecule has 1 fully saturated rings. The maximum Gasteiger partial charge on any atom is 0.254 e. The summed E-state index contributed by atoms with van der Waals surface area (Å²) in [6, 6.07) is 3.53. The van der Waals surface area contributed by atoms with E-state index in [-0.39, 0.29) is 5.91 Å². The number of morpholine rings is 1. The molecule has 2 heterocycles. The van der Waals surface area contributed by atoms with Gasteiger partial charge in [-0.15, -0.1) is 0 Å². The average molecular weight is 260 g/mol. The molecule has 1 aromatic rings. The molecule has 1 N–H and O–H groups in total. The van der Waals surface area contributed by atoms with Gasteiger partial charge in [-0.05, 0) is 6.07 Å². The molecule has 6 nitrogen and oxygen atoms in total. The molecule has 0 radical (unpaired) electrons. The molecule has 0 unspecified atom stereocenters. The van der Waals surface area contributed by atoms with E-state index in [0.717, 1.165) is 32.8 Å². The van der Waals surface area contributed by atoms with Crippen molar-refractivity contribution in [2.45, 2.75) is 0 Å². The van der Waals surface area contributed by atoms with Gasteiger partial charge < -0.3 is 10.1 Å². The van der Waals surface area contributed by atoms with E-state index in [1.807, 2.05) is 6.07 Å². The molecule has 100 valence electrons. The van der Waals surface area contributed by atoms with E-state index in [2.05, 4.69) is 15.2 Å². The van der Waals surface area contributed by atoms with Gasteiger partial charge in [0.15, 0.2) is 0 Å². The van der Waals surface area contributed by atoms with Crippen LogP contribution in [0.4, 0.5) is 0 Å². The monoisotopic (exact) mass is 260 g/mol. The molecule has 1 amide bonds. The lowest BCUT2D eigenvalue weighted by Gasteiger charge is -2.26. The van der Waals surface area contributed by atoms with E-state index in [0.29, 0.717) is 17.7 Å². The van der Waals surface area contributed by atoms with E-state index in [1.54, 1.807) is 0 Å². The second-order valence-electron chi connectivity index (χ2n) is 4.24. The number of nitrogens with one attached hydrogen (secondary N) is 1. The summed E-state index contributed by atoms with van der Waals surface area (Å²) in [5.74, 6) is -0.252. The second kappa shape index (κ2) is 6.83. The van der Waals surface area contributed by atoms with E-state index >= 15 is 0 Å². The van der Waals surface area contributed by atoms with E-state index in [9.17, 15) is 4.79 Å². The molecule has 1 aliphatic heterocycles. The van der Waals surface area contributed by atoms with E-state index < -0.39 is 0 Å². The largest absolute Gasteiger partial charge is 0.379 e. The molecular weight excluding hydrogens is 244 g/mol. The highest BCUT2D eigenvalue weighted by Gasteiger charge is 2.13. The molecule has 19 heavy (non-hydrogen) atoms. The van der Waals surface area contributed by atoms with Crippen LogP contribution >= 0.6 is 0 Å². The predicted octanol–water partition coefficient (Wildman–Crippen LogP) is 0.0153. The molecule has 6 heteroatoms. The fourth-order valence-electron chi connectivity index (χ4n) is 1.92. The summed E-state index contributed by atoms with van der Waals surface area (Å²) in [5, 5.41) is 11.7. The number of nitriles is 1. The number of pyridine rings is 1. The average Bonchev–Trinajstić information content (AvgIpc) is 2.48. The SMILES string of the molecule is N#Cc1ccncc1C(=O)NCCN1CCOCC1. The van der Waals surface area contributed by atoms with Crippen LogP contribution in [0.2, 0.25) is 0 Å². The third-order valence-corrected chi connectivity index (χ3v) is 3.00. The maximum atomic E-state index is 11.9. The number of ether oxygens (including phenoxy) is 1. The van der Waals surface area contributed by atoms with Gasteiger partial charge in [-0.3, -0.25) is 14.7 Å². The van der Waals surface area contributed by atoms with Crippen LogP contribution in [0.15, 0.2) is 18.5 Å². The first-order valence-corrected chi connectivity index (χ1v) is 6.23. The van der Waals surface area contributed by atoms with Gasteiger partial charge in [0.2, 0.25) is 0 Å². The molecule has 1 aliphatic rings. The summed E-state index contributed by atoms with van der Waals surface area (Å²) in [4.78, 5) is 18.0. The van der Waals surface area contributed by atoms with Gasteiger partial charge in [0, 0.05) is 38.6 Å². The quantitative estimate of drug-likeness (QED) is 0.825. The number of carbonyl (C=O) groups is 1. The lowest BCUT2D eigenvalue weighted by molar-refractivity contribution is 0.0383. The Morgan fingerprint density at radius 3 is 3.05 bits per heavy atom. The van der Waals surface area contributed by atoms with Crippen molar-refractivity contribution in [3.05, 3.63) is 29.6 Å². The van der Waals surface area contributed by atoms with Crippen LogP contribution in [0.25, 0.3) is 0 Å². The Hall–Kier alpha value is -1.97. The summed E-state index contributed by atoms with van der Waals surface area (Å²) >= 11 is 0. The fourth-order valence-corrected chi connectivity index (χ4v) is 1.92. The van der Waals surface area contributed by atoms with Crippen LogP contribution in [-0.4, -0.2) is 55.2 Å². The Morgan fingerprint density at radius 2 is 2.32 bits per heavy atom. The second-order valence-corrected chi connectivity index (χ2v) is 4.24. The minimum Gasteiger partial charge on any atom is -0.379 e. The normalized spacial score (nSPS) is 15.7. The lowest BCUT2D eigenvalue weighted by atomic mass is 10.1. The molecule has 0 aliphatic carbocycles. The van der Waals surface area contributed by atoms with Crippen molar-refractivity contribution < 1.29 is 9.53 Å². The van der Waals surface area contributed by atoms with Gasteiger partial charge in [-0.1, -0.05) is 0 Å². The van der Waals surface area contributed by atoms with Crippen molar-refractivity contribution in [2.75, 3.05) is 39.4 Å². The first-order chi connectivity index (χ1) is 9.31. The fraction of sp³-hybridized carbons (Fsp3) is 0.462. The first-order valence-electron chi connectivity index (χ1n) is 6.23. The van der Waals surface area contributed by atoms with Crippen LogP contribution < -0.4 is 5.32 Å². The number of hydrogen-bond acceptors (Lipinski definition) is 5. The summed E-state index contributed by atoms with van der Waals surface area (Å²) in [6.45, 7) is 4.62. The smallest absolute Gasteiger partial charge is 0.254 e. The Bertz CT molecular complexity index is 478. The van der Waals surface area contributed by atoms with Gasteiger partial charge in [0.1, 0.15) is 6.07 Å². The number of nitrogens with zero attached hydrogens (tertiary/aromatic N) is 3. The summed E-state index contributed by atoms with van der Waals surface area (Å²) < 4.78 is 5.25. The van der Waals surface area contributed by atoms with E-state index in [4.69, 9.17) is 10.00 Å². The van der Waals surface area contributed by atoms with Crippen LogP contribution in [0.3, 0.4) is 0 Å². The summed E-state index contributed by atoms with van der Waals surface area (Å²) in [5.41, 5.74) is 0.672. The summed E-state index contributed by atoms with van der Waals surface area (Å²) in [6.07, 6.45) is 2.92. The Kier molecular flexibility index (Phi) is 4.84. The first kappa shape index (κ1) is 13.5. The molecule has 1 saturated heterocycles. The van der Waals surface area contributed by atoms with Crippen LogP contribution in [-0.2, 0) is 4.74 Å². The number of hydrogen-bond donors (Lipinski definition) is 1. The third kappa shape index (κ3) is 3.74. The molecule has 0 bridgehead atoms. The molecule has 1 aromatic heterocycles. The van der Waals surface area contributed by atoms with Gasteiger partial charge in [0.05, 0.1) is 24.3 Å². The van der Waals surface area contributed by atoms with Gasteiger partial charge in [-0.25, -0.2) is 0 Å². The minimum atomic E-state index is -0.252. The number of aromatic nitrogens is 1. The predicted molar refractivity (Wildman–Crippen MR) is 68.5 cm³/mol. The topological polar surface area (TPSA) is 78.2 Å². The van der Waals surface area contributed by atoms with Crippen molar-refractivity contribution in [2.24, 2.45) is 0 Å². The molecule has 0 aromatic carbocycles. The van der Waals surface area contributed by atoms with Gasteiger partial charge >= 0.3 is 0 Å². The lowest BCUT2D eigenvalue weighted by Crippen LogP contribution is -2.41. The third-order valence-electron chi connectivity index (χ3n) is 3.00. The van der Waals surface area contributed by atoms with Crippen molar-refractivity contribution in [3.8, 4) is 6.07 Å². The highest BCUT2D eigenvalue weighted by atomic mass is 16.5.